The van der Waals surface area contributed by atoms with E-state index in [2.05, 4.69) is 15.2 Å². The van der Waals surface area contributed by atoms with Crippen LogP contribution >= 0.6 is 0 Å². The summed E-state index contributed by atoms with van der Waals surface area (Å²) < 4.78 is 9.59. The van der Waals surface area contributed by atoms with Gasteiger partial charge in [-0.1, -0.05) is 44.2 Å². The molecule has 0 saturated heterocycles. The molecular formula is C22H29N3O6. The molecule has 31 heavy (non-hydrogen) atoms. The maximum absolute atomic E-state index is 12.3. The van der Waals surface area contributed by atoms with Crippen molar-refractivity contribution in [1.82, 2.24) is 10.3 Å². The first-order valence-electron chi connectivity index (χ1n) is 10.3. The maximum Gasteiger partial charge on any atom is 0.328 e. The van der Waals surface area contributed by atoms with Crippen molar-refractivity contribution in [1.29, 1.82) is 0 Å². The van der Waals surface area contributed by atoms with E-state index in [9.17, 15) is 19.2 Å². The molecule has 0 radical (unpaired) electrons. The molecule has 2 amide bonds. The van der Waals surface area contributed by atoms with Crippen molar-refractivity contribution in [3.8, 4) is 0 Å². The number of rotatable bonds is 10. The zero-order valence-electron chi connectivity index (χ0n) is 18.1. The molecule has 1 N–H and O–H groups in total. The first kappa shape index (κ1) is 24.0. The predicted molar refractivity (Wildman–Crippen MR) is 113 cm³/mol. The van der Waals surface area contributed by atoms with E-state index in [0.29, 0.717) is 19.4 Å². The Morgan fingerprint density at radius 1 is 1.13 bits per heavy atom. The van der Waals surface area contributed by atoms with Crippen LogP contribution < -0.4 is 5.32 Å². The topological polar surface area (TPSA) is 114 Å². The van der Waals surface area contributed by atoms with Crippen LogP contribution in [0, 0.1) is 5.92 Å². The molecule has 168 valence electrons. The number of carbonyl (C=O) groups is 4. The van der Waals surface area contributed by atoms with Gasteiger partial charge in [-0.3, -0.25) is 14.4 Å². The quantitative estimate of drug-likeness (QED) is 0.564. The molecule has 0 fully saturated rings. The fourth-order valence-electron chi connectivity index (χ4n) is 3.09. The molecule has 9 heteroatoms. The van der Waals surface area contributed by atoms with Gasteiger partial charge in [0.25, 0.3) is 5.91 Å². The van der Waals surface area contributed by atoms with E-state index < -0.39 is 30.5 Å². The highest BCUT2D eigenvalue weighted by molar-refractivity contribution is 6.02. The molecule has 1 aromatic rings. The first-order valence-corrected chi connectivity index (χ1v) is 10.3. The van der Waals surface area contributed by atoms with Crippen LogP contribution in [0.1, 0.15) is 45.1 Å². The molecule has 1 atom stereocenters. The highest BCUT2D eigenvalue weighted by Crippen LogP contribution is 2.15. The van der Waals surface area contributed by atoms with Gasteiger partial charge in [-0.15, -0.1) is 0 Å². The number of amides is 2. The lowest BCUT2D eigenvalue weighted by Crippen LogP contribution is -2.44. The van der Waals surface area contributed by atoms with Crippen LogP contribution in [0.4, 0.5) is 0 Å². The van der Waals surface area contributed by atoms with E-state index in [1.165, 1.54) is 12.1 Å². The van der Waals surface area contributed by atoms with Gasteiger partial charge in [0.2, 0.25) is 5.91 Å². The summed E-state index contributed by atoms with van der Waals surface area (Å²) in [7, 11) is 1.24. The van der Waals surface area contributed by atoms with Gasteiger partial charge in [0.05, 0.1) is 25.8 Å². The Labute approximate surface area is 181 Å². The summed E-state index contributed by atoms with van der Waals surface area (Å²) in [5, 5.41) is 8.19. The van der Waals surface area contributed by atoms with E-state index in [1.54, 1.807) is 0 Å². The third kappa shape index (κ3) is 7.84. The number of hydrogen-bond donors (Lipinski definition) is 1. The Bertz CT molecular complexity index is 822. The smallest absolute Gasteiger partial charge is 0.328 e. The number of methoxy groups -OCH3 is 1. The van der Waals surface area contributed by atoms with Crippen LogP contribution in [-0.2, 0) is 28.7 Å². The lowest BCUT2D eigenvalue weighted by atomic mass is 10.0. The highest BCUT2D eigenvalue weighted by atomic mass is 16.5. The van der Waals surface area contributed by atoms with E-state index >= 15 is 0 Å². The minimum absolute atomic E-state index is 0.0653. The number of carbonyl (C=O) groups excluding carboxylic acids is 4. The minimum Gasteiger partial charge on any atom is -0.467 e. The summed E-state index contributed by atoms with van der Waals surface area (Å²) >= 11 is 0. The Morgan fingerprint density at radius 2 is 1.84 bits per heavy atom. The van der Waals surface area contributed by atoms with Crippen LogP contribution in [0.25, 0.3) is 0 Å². The molecule has 0 bridgehead atoms. The van der Waals surface area contributed by atoms with Crippen molar-refractivity contribution in [3.63, 3.8) is 0 Å². The molecule has 1 unspecified atom stereocenters. The third-order valence-electron chi connectivity index (χ3n) is 4.63. The molecule has 0 aliphatic carbocycles. The summed E-state index contributed by atoms with van der Waals surface area (Å²) in [6, 6.07) is 8.79. The van der Waals surface area contributed by atoms with E-state index in [1.807, 2.05) is 44.2 Å². The van der Waals surface area contributed by atoms with Gasteiger partial charge in [0, 0.05) is 12.8 Å². The molecule has 1 aliphatic heterocycles. The number of nitrogens with one attached hydrogen (secondary N) is 1. The standard InChI is InChI=1S/C22H29N3O6/c1-15(2)13-18(22(29)30-3)23-19(26)14-31-21(28)10-9-20(27)25-12-11-17(24-25)16-7-5-4-6-8-16/h4-8,15,18H,9-14H2,1-3H3,(H,23,26). The van der Waals surface area contributed by atoms with Gasteiger partial charge < -0.3 is 14.8 Å². The van der Waals surface area contributed by atoms with Crippen LogP contribution in [0.3, 0.4) is 0 Å². The average Bonchev–Trinajstić information content (AvgIpc) is 3.25. The second kappa shape index (κ2) is 11.8. The number of esters is 2. The molecule has 1 aliphatic rings. The molecule has 0 aromatic heterocycles. The Kier molecular flexibility index (Phi) is 9.17. The molecule has 9 nitrogen and oxygen atoms in total. The summed E-state index contributed by atoms with van der Waals surface area (Å²) in [6.07, 6.45) is 0.829. The van der Waals surface area contributed by atoms with Crippen LogP contribution in [0.15, 0.2) is 35.4 Å². The monoisotopic (exact) mass is 431 g/mol. The molecular weight excluding hydrogens is 402 g/mol. The molecule has 0 saturated carbocycles. The largest absolute Gasteiger partial charge is 0.467 e. The minimum atomic E-state index is -0.801. The fraction of sp³-hybridized carbons (Fsp3) is 0.500. The number of nitrogens with zero attached hydrogens (tertiary/aromatic N) is 2. The summed E-state index contributed by atoms with van der Waals surface area (Å²) in [5.74, 6) is -1.95. The van der Waals surface area contributed by atoms with Crippen molar-refractivity contribution in [2.75, 3.05) is 20.3 Å². The second-order valence-electron chi connectivity index (χ2n) is 7.61. The highest BCUT2D eigenvalue weighted by Gasteiger charge is 2.24. The van der Waals surface area contributed by atoms with Gasteiger partial charge in [0.1, 0.15) is 6.04 Å². The lowest BCUT2D eigenvalue weighted by Gasteiger charge is -2.18. The van der Waals surface area contributed by atoms with E-state index in [0.717, 1.165) is 11.3 Å². The second-order valence-corrected chi connectivity index (χ2v) is 7.61. The normalized spacial score (nSPS) is 14.1. The molecule has 2 rings (SSSR count). The molecule has 0 spiro atoms. The number of hydrazone groups is 1. The third-order valence-corrected chi connectivity index (χ3v) is 4.63. The van der Waals surface area contributed by atoms with E-state index in [4.69, 9.17) is 4.74 Å². The van der Waals surface area contributed by atoms with Gasteiger partial charge in [-0.2, -0.15) is 5.10 Å². The summed E-state index contributed by atoms with van der Waals surface area (Å²) in [4.78, 5) is 47.9. The maximum atomic E-state index is 12.3. The number of ether oxygens (including phenoxy) is 2. The van der Waals surface area contributed by atoms with Crippen molar-refractivity contribution in [2.24, 2.45) is 11.0 Å². The Morgan fingerprint density at radius 3 is 2.48 bits per heavy atom. The Balaban J connectivity index is 1.74. The van der Waals surface area contributed by atoms with Crippen molar-refractivity contribution in [3.05, 3.63) is 35.9 Å². The van der Waals surface area contributed by atoms with Gasteiger partial charge in [-0.05, 0) is 17.9 Å². The molecule has 1 heterocycles. The summed E-state index contributed by atoms with van der Waals surface area (Å²) in [5.41, 5.74) is 1.79. The zero-order valence-corrected chi connectivity index (χ0v) is 18.1. The van der Waals surface area contributed by atoms with Crippen LogP contribution in [0.5, 0.6) is 0 Å². The Hall–Kier alpha value is -3.23. The van der Waals surface area contributed by atoms with Crippen molar-refractivity contribution in [2.45, 2.75) is 45.6 Å². The SMILES string of the molecule is COC(=O)C(CC(C)C)NC(=O)COC(=O)CCC(=O)N1CCC(c2ccccc2)=N1. The first-order chi connectivity index (χ1) is 14.8. The van der Waals surface area contributed by atoms with E-state index in [-0.39, 0.29) is 24.7 Å². The lowest BCUT2D eigenvalue weighted by molar-refractivity contribution is -0.151. The van der Waals surface area contributed by atoms with Crippen molar-refractivity contribution < 1.29 is 28.7 Å². The van der Waals surface area contributed by atoms with Gasteiger partial charge >= 0.3 is 11.9 Å². The van der Waals surface area contributed by atoms with Crippen LogP contribution in [-0.4, -0.2) is 60.8 Å². The fourth-order valence-corrected chi connectivity index (χ4v) is 3.09. The zero-order chi connectivity index (χ0) is 22.8. The van der Waals surface area contributed by atoms with Gasteiger partial charge in [-0.25, -0.2) is 9.80 Å². The average molecular weight is 431 g/mol. The predicted octanol–water partition coefficient (Wildman–Crippen LogP) is 1.65. The number of hydrogen-bond acceptors (Lipinski definition) is 7. The van der Waals surface area contributed by atoms with Gasteiger partial charge in [0.15, 0.2) is 6.61 Å². The molecule has 1 aromatic carbocycles. The number of benzene rings is 1. The van der Waals surface area contributed by atoms with Crippen LogP contribution in [0.2, 0.25) is 0 Å². The summed E-state index contributed by atoms with van der Waals surface area (Å²) in [6.45, 7) is 3.75. The van der Waals surface area contributed by atoms with Crippen molar-refractivity contribution >= 4 is 29.5 Å².